The van der Waals surface area contributed by atoms with Gasteiger partial charge in [0.05, 0.1) is 37.6 Å². The van der Waals surface area contributed by atoms with E-state index in [1.54, 1.807) is 0 Å². The average molecular weight is 745 g/mol. The molecular formula is C27H29AcN6O5-. The van der Waals surface area contributed by atoms with E-state index in [1.807, 2.05) is 48.5 Å². The standard InChI is InChI=1S/C27H29N6O5.Ac/c1-37-38-14-15-10-18-16-6-2-4-8-21(16)32-25(18)26-19(17-7-3-5-9-22(17)33-26)11-20(28)27(36)30-12-23(34)29-13-24(35)31-15;/h2-9,15,20,28,32-33H,10-14H2,1H3,(H,29,34)(H,30,36)(H,31,35);/q-1;. The van der Waals surface area contributed by atoms with Crippen LogP contribution in [0.4, 0.5) is 0 Å². The quantitative estimate of drug-likeness (QED) is 0.160. The summed E-state index contributed by atoms with van der Waals surface area (Å²) in [4.78, 5) is 54.6. The van der Waals surface area contributed by atoms with E-state index in [2.05, 4.69) is 25.9 Å². The van der Waals surface area contributed by atoms with E-state index in [-0.39, 0.29) is 70.2 Å². The summed E-state index contributed by atoms with van der Waals surface area (Å²) in [6, 6.07) is 14.0. The molecule has 0 saturated carbocycles. The van der Waals surface area contributed by atoms with Crippen molar-refractivity contribution in [2.45, 2.75) is 24.9 Å². The maximum atomic E-state index is 12.7. The van der Waals surface area contributed by atoms with Gasteiger partial charge in [-0.1, -0.05) is 42.4 Å². The van der Waals surface area contributed by atoms with Gasteiger partial charge in [-0.2, -0.15) is 0 Å². The molecule has 0 spiro atoms. The number of rotatable bonds is 3. The summed E-state index contributed by atoms with van der Waals surface area (Å²) < 4.78 is 0. The maximum absolute atomic E-state index is 12.7. The zero-order chi connectivity index (χ0) is 26.6. The van der Waals surface area contributed by atoms with Crippen LogP contribution >= 0.6 is 0 Å². The summed E-state index contributed by atoms with van der Waals surface area (Å²) >= 11 is 0. The molecule has 0 fully saturated rings. The molecule has 39 heavy (non-hydrogen) atoms. The molecule has 6 N–H and O–H groups in total. The van der Waals surface area contributed by atoms with E-state index in [0.717, 1.165) is 44.3 Å². The molecule has 4 aromatic rings. The summed E-state index contributed by atoms with van der Waals surface area (Å²) in [5.74, 6) is -1.50. The minimum Gasteiger partial charge on any atom is -0.667 e. The normalized spacial score (nSPS) is 19.0. The van der Waals surface area contributed by atoms with Crippen molar-refractivity contribution in [1.82, 2.24) is 25.9 Å². The predicted molar refractivity (Wildman–Crippen MR) is 142 cm³/mol. The Labute approximate surface area is 260 Å². The van der Waals surface area contributed by atoms with E-state index in [1.165, 1.54) is 7.11 Å². The van der Waals surface area contributed by atoms with Gasteiger partial charge in [0.25, 0.3) is 0 Å². The van der Waals surface area contributed by atoms with Crippen molar-refractivity contribution in [3.8, 4) is 11.4 Å². The number of benzene rings is 2. The second-order valence-corrected chi connectivity index (χ2v) is 9.22. The largest absolute Gasteiger partial charge is 0.667 e. The molecule has 5 rings (SSSR count). The molecule has 1 radical (unpaired) electrons. The summed E-state index contributed by atoms with van der Waals surface area (Å²) in [6.07, 6.45) is 0.524. The van der Waals surface area contributed by atoms with Gasteiger partial charge in [0, 0.05) is 65.9 Å². The van der Waals surface area contributed by atoms with E-state index in [4.69, 9.17) is 15.5 Å². The first-order chi connectivity index (χ1) is 18.4. The molecule has 201 valence electrons. The molecule has 1 aliphatic heterocycles. The number of hydrogen-bond acceptors (Lipinski definition) is 5. The second-order valence-electron chi connectivity index (χ2n) is 9.22. The van der Waals surface area contributed by atoms with Crippen LogP contribution in [0.5, 0.6) is 0 Å². The molecule has 1 aliphatic rings. The number of carbonyl (C=O) groups is 3. The molecular weight excluding hydrogens is 715 g/mol. The number of aromatic amines is 2. The Bertz CT molecular complexity index is 1500. The molecule has 2 unspecified atom stereocenters. The Hall–Kier alpha value is -2.75. The molecule has 11 nitrogen and oxygen atoms in total. The molecule has 0 bridgehead atoms. The van der Waals surface area contributed by atoms with Crippen LogP contribution in [-0.4, -0.2) is 66.6 Å². The van der Waals surface area contributed by atoms with Gasteiger partial charge < -0.3 is 31.7 Å². The predicted octanol–water partition coefficient (Wildman–Crippen LogP) is 2.13. The van der Waals surface area contributed by atoms with Crippen LogP contribution in [-0.2, 0) is 37.0 Å². The number of nitrogens with one attached hydrogen (secondary N) is 6. The number of carbonyl (C=O) groups excluding carboxylic acids is 3. The number of fused-ring (bicyclic) bond motifs is 7. The fourth-order valence-electron chi connectivity index (χ4n) is 4.91. The third-order valence-electron chi connectivity index (χ3n) is 6.67. The van der Waals surface area contributed by atoms with Crippen LogP contribution in [0.2, 0.25) is 0 Å². The molecule has 3 amide bonds. The number of aromatic nitrogens is 2. The minimum absolute atomic E-state index is 0. The maximum Gasteiger partial charge on any atom is 0.239 e. The van der Waals surface area contributed by atoms with Crippen LogP contribution in [0.25, 0.3) is 38.9 Å². The zero-order valence-corrected chi connectivity index (χ0v) is 26.2. The average Bonchev–Trinajstić information content (AvgIpc) is 3.46. The van der Waals surface area contributed by atoms with Gasteiger partial charge in [-0.05, 0) is 36.1 Å². The Balaban J connectivity index is 0.00000353. The van der Waals surface area contributed by atoms with E-state index in [0.29, 0.717) is 6.42 Å². The topological polar surface area (TPSA) is 161 Å². The third kappa shape index (κ3) is 6.53. The van der Waals surface area contributed by atoms with Crippen LogP contribution in [0.15, 0.2) is 48.5 Å². The number of H-pyrrole nitrogens is 2. The van der Waals surface area contributed by atoms with Crippen molar-refractivity contribution in [3.05, 3.63) is 65.4 Å². The SMILES string of the molecule is COOCC1Cc2c([nH]c3ccccc23)-c2[nH]c3ccccc3c2CC([NH-])C(=O)NCC(=O)NCC(=O)N1.[Ac]. The van der Waals surface area contributed by atoms with Gasteiger partial charge in [0.15, 0.2) is 0 Å². The molecule has 12 heteroatoms. The Morgan fingerprint density at radius 1 is 0.821 bits per heavy atom. The van der Waals surface area contributed by atoms with Crippen molar-refractivity contribution in [3.63, 3.8) is 0 Å². The van der Waals surface area contributed by atoms with Crippen molar-refractivity contribution >= 4 is 39.5 Å². The number of para-hydroxylation sites is 2. The smallest absolute Gasteiger partial charge is 0.239 e. The fourth-order valence-corrected chi connectivity index (χ4v) is 4.91. The summed E-state index contributed by atoms with van der Waals surface area (Å²) in [6.45, 7) is -0.514. The Morgan fingerprint density at radius 3 is 2.00 bits per heavy atom. The van der Waals surface area contributed by atoms with Crippen LogP contribution in [0.1, 0.15) is 11.1 Å². The number of amides is 3. The molecule has 2 aromatic heterocycles. The summed E-state index contributed by atoms with van der Waals surface area (Å²) in [5.41, 5.74) is 13.7. The Morgan fingerprint density at radius 2 is 1.38 bits per heavy atom. The van der Waals surface area contributed by atoms with Gasteiger partial charge in [-0.25, -0.2) is 9.78 Å². The van der Waals surface area contributed by atoms with Gasteiger partial charge in [0.2, 0.25) is 17.7 Å². The van der Waals surface area contributed by atoms with E-state index >= 15 is 0 Å². The van der Waals surface area contributed by atoms with Gasteiger partial charge >= 0.3 is 0 Å². The second kappa shape index (κ2) is 13.1. The minimum atomic E-state index is -1.15. The van der Waals surface area contributed by atoms with Crippen LogP contribution < -0.4 is 16.0 Å². The van der Waals surface area contributed by atoms with Crippen LogP contribution in [0, 0.1) is 44.1 Å². The van der Waals surface area contributed by atoms with Crippen LogP contribution in [0.3, 0.4) is 0 Å². The molecule has 3 heterocycles. The molecule has 0 aliphatic carbocycles. The molecule has 2 aromatic carbocycles. The van der Waals surface area contributed by atoms with Crippen molar-refractivity contribution in [1.29, 1.82) is 0 Å². The Kier molecular flexibility index (Phi) is 9.80. The van der Waals surface area contributed by atoms with Gasteiger partial charge in [-0.3, -0.25) is 14.4 Å². The number of hydrogen-bond donors (Lipinski definition) is 5. The first-order valence-corrected chi connectivity index (χ1v) is 12.3. The first kappa shape index (κ1) is 29.2. The zero-order valence-electron chi connectivity index (χ0n) is 21.4. The van der Waals surface area contributed by atoms with Gasteiger partial charge in [-0.15, -0.1) is 0 Å². The first-order valence-electron chi connectivity index (χ1n) is 12.3. The fraction of sp³-hybridized carbons (Fsp3) is 0.296. The van der Waals surface area contributed by atoms with E-state index in [9.17, 15) is 14.4 Å². The third-order valence-corrected chi connectivity index (χ3v) is 6.67. The van der Waals surface area contributed by atoms with Crippen molar-refractivity contribution < 1.29 is 68.2 Å². The van der Waals surface area contributed by atoms with E-state index < -0.39 is 29.8 Å². The van der Waals surface area contributed by atoms with Gasteiger partial charge in [0.1, 0.15) is 6.61 Å². The van der Waals surface area contributed by atoms with Crippen molar-refractivity contribution in [2.24, 2.45) is 0 Å². The summed E-state index contributed by atoms with van der Waals surface area (Å²) in [5, 5.41) is 9.79. The van der Waals surface area contributed by atoms with Crippen molar-refractivity contribution in [2.75, 3.05) is 26.8 Å². The monoisotopic (exact) mass is 744 g/mol. The summed E-state index contributed by atoms with van der Waals surface area (Å²) in [7, 11) is 1.40. The molecule has 2 atom stereocenters. The molecule has 0 saturated heterocycles.